The predicted molar refractivity (Wildman–Crippen MR) is 86.9 cm³/mol. The van der Waals surface area contributed by atoms with Crippen LogP contribution in [0.3, 0.4) is 0 Å². The van der Waals surface area contributed by atoms with Crippen LogP contribution in [0.25, 0.3) is 0 Å². The number of rotatable bonds is 3. The normalized spacial score (nSPS) is 14.0. The summed E-state index contributed by atoms with van der Waals surface area (Å²) in [6.45, 7) is 1.95. The topological polar surface area (TPSA) is 44.4 Å². The Balaban J connectivity index is 1.71. The van der Waals surface area contributed by atoms with Crippen molar-refractivity contribution in [2.45, 2.75) is 12.8 Å². The number of halogens is 1. The van der Waals surface area contributed by atoms with Crippen molar-refractivity contribution in [3.8, 4) is 0 Å². The Hall–Kier alpha value is -2.56. The van der Waals surface area contributed by atoms with E-state index in [0.717, 1.165) is 31.6 Å². The number of carbonyl (C=O) groups is 1. The van der Waals surface area contributed by atoms with E-state index in [-0.39, 0.29) is 5.69 Å². The summed E-state index contributed by atoms with van der Waals surface area (Å²) in [5.74, 6) is -0.439. The first-order valence-corrected chi connectivity index (χ1v) is 7.40. The van der Waals surface area contributed by atoms with Gasteiger partial charge in [-0.15, -0.1) is 0 Å². The van der Waals surface area contributed by atoms with E-state index in [9.17, 15) is 9.18 Å². The number of urea groups is 1. The molecule has 22 heavy (non-hydrogen) atoms. The van der Waals surface area contributed by atoms with Crippen LogP contribution in [0.1, 0.15) is 12.8 Å². The highest BCUT2D eigenvalue weighted by Gasteiger charge is 2.15. The van der Waals surface area contributed by atoms with E-state index in [1.165, 1.54) is 6.07 Å². The fourth-order valence-corrected chi connectivity index (χ4v) is 2.59. The SMILES string of the molecule is O=C(Nc1ccccc1)Nc1cc(N2CCCC2)ccc1F. The maximum atomic E-state index is 13.9. The predicted octanol–water partition coefficient (Wildman–Crippen LogP) is 4.07. The van der Waals surface area contributed by atoms with Gasteiger partial charge in [-0.05, 0) is 43.2 Å². The molecule has 1 heterocycles. The highest BCUT2D eigenvalue weighted by Crippen LogP contribution is 2.25. The second-order valence-electron chi connectivity index (χ2n) is 5.30. The molecule has 2 aromatic rings. The van der Waals surface area contributed by atoms with Crippen molar-refractivity contribution < 1.29 is 9.18 Å². The van der Waals surface area contributed by atoms with Gasteiger partial charge in [0.05, 0.1) is 5.69 Å². The third kappa shape index (κ3) is 3.36. The summed E-state index contributed by atoms with van der Waals surface area (Å²) in [7, 11) is 0. The minimum atomic E-state index is -0.455. The fourth-order valence-electron chi connectivity index (χ4n) is 2.59. The molecule has 1 aliphatic heterocycles. The number of anilines is 3. The summed E-state index contributed by atoms with van der Waals surface area (Å²) in [6.07, 6.45) is 2.29. The molecule has 0 saturated carbocycles. The molecule has 5 heteroatoms. The number of hydrogen-bond donors (Lipinski definition) is 2. The third-order valence-corrected chi connectivity index (χ3v) is 3.70. The van der Waals surface area contributed by atoms with Crippen molar-refractivity contribution in [1.82, 2.24) is 0 Å². The molecule has 1 saturated heterocycles. The highest BCUT2D eigenvalue weighted by molar-refractivity contribution is 6.00. The van der Waals surface area contributed by atoms with Gasteiger partial charge in [0.2, 0.25) is 0 Å². The van der Waals surface area contributed by atoms with Crippen molar-refractivity contribution in [2.75, 3.05) is 28.6 Å². The van der Waals surface area contributed by atoms with Crippen LogP contribution in [-0.2, 0) is 0 Å². The molecule has 0 bridgehead atoms. The molecule has 4 nitrogen and oxygen atoms in total. The van der Waals surface area contributed by atoms with E-state index in [1.807, 2.05) is 18.2 Å². The number of benzene rings is 2. The van der Waals surface area contributed by atoms with Gasteiger partial charge in [-0.1, -0.05) is 18.2 Å². The second kappa shape index (κ2) is 6.47. The monoisotopic (exact) mass is 299 g/mol. The maximum Gasteiger partial charge on any atom is 0.323 e. The molecule has 114 valence electrons. The molecule has 2 amide bonds. The zero-order chi connectivity index (χ0) is 15.4. The van der Waals surface area contributed by atoms with E-state index in [2.05, 4.69) is 15.5 Å². The maximum absolute atomic E-state index is 13.9. The molecule has 1 fully saturated rings. The summed E-state index contributed by atoms with van der Waals surface area (Å²) in [5.41, 5.74) is 1.79. The van der Waals surface area contributed by atoms with Crippen molar-refractivity contribution >= 4 is 23.1 Å². The Kier molecular flexibility index (Phi) is 4.23. The number of para-hydroxylation sites is 1. The lowest BCUT2D eigenvalue weighted by molar-refractivity contribution is 0.262. The molecular weight excluding hydrogens is 281 g/mol. The molecule has 0 radical (unpaired) electrons. The summed E-state index contributed by atoms with van der Waals surface area (Å²) in [6, 6.07) is 13.4. The molecule has 3 rings (SSSR count). The first kappa shape index (κ1) is 14.4. The van der Waals surface area contributed by atoms with Crippen LogP contribution in [-0.4, -0.2) is 19.1 Å². The third-order valence-electron chi connectivity index (χ3n) is 3.70. The lowest BCUT2D eigenvalue weighted by Crippen LogP contribution is -2.21. The molecule has 2 aromatic carbocycles. The van der Waals surface area contributed by atoms with Gasteiger partial charge in [0, 0.05) is 24.5 Å². The second-order valence-corrected chi connectivity index (χ2v) is 5.30. The summed E-state index contributed by atoms with van der Waals surface area (Å²) in [5, 5.41) is 5.25. The van der Waals surface area contributed by atoms with Crippen LogP contribution in [0, 0.1) is 5.82 Å². The van der Waals surface area contributed by atoms with Gasteiger partial charge in [-0.2, -0.15) is 0 Å². The molecule has 2 N–H and O–H groups in total. The number of nitrogens with one attached hydrogen (secondary N) is 2. The van der Waals surface area contributed by atoms with E-state index in [0.29, 0.717) is 5.69 Å². The Morgan fingerprint density at radius 3 is 2.45 bits per heavy atom. The largest absolute Gasteiger partial charge is 0.371 e. The van der Waals surface area contributed by atoms with Crippen LogP contribution in [0.4, 0.5) is 26.2 Å². The van der Waals surface area contributed by atoms with Crippen molar-refractivity contribution in [1.29, 1.82) is 0 Å². The fraction of sp³-hybridized carbons (Fsp3) is 0.235. The van der Waals surface area contributed by atoms with E-state index in [4.69, 9.17) is 0 Å². The molecule has 0 aliphatic carbocycles. The summed E-state index contributed by atoms with van der Waals surface area (Å²) >= 11 is 0. The average Bonchev–Trinajstić information content (AvgIpc) is 3.05. The van der Waals surface area contributed by atoms with Crippen LogP contribution in [0.5, 0.6) is 0 Å². The van der Waals surface area contributed by atoms with Gasteiger partial charge < -0.3 is 15.5 Å². The smallest absolute Gasteiger partial charge is 0.323 e. The molecule has 0 aromatic heterocycles. The Morgan fingerprint density at radius 1 is 1.00 bits per heavy atom. The van der Waals surface area contributed by atoms with Gasteiger partial charge in [-0.25, -0.2) is 9.18 Å². The molecule has 1 aliphatic rings. The van der Waals surface area contributed by atoms with E-state index >= 15 is 0 Å². The van der Waals surface area contributed by atoms with Crippen molar-refractivity contribution in [2.24, 2.45) is 0 Å². The van der Waals surface area contributed by atoms with Crippen LogP contribution < -0.4 is 15.5 Å². The molecule has 0 unspecified atom stereocenters. The summed E-state index contributed by atoms with van der Waals surface area (Å²) < 4.78 is 13.9. The standard InChI is InChI=1S/C17H18FN3O/c18-15-9-8-14(21-10-4-5-11-21)12-16(15)20-17(22)19-13-6-2-1-3-7-13/h1-3,6-9,12H,4-5,10-11H2,(H2,19,20,22). The average molecular weight is 299 g/mol. The van der Waals surface area contributed by atoms with Crippen LogP contribution >= 0.6 is 0 Å². The minimum Gasteiger partial charge on any atom is -0.371 e. The summed E-state index contributed by atoms with van der Waals surface area (Å²) in [4.78, 5) is 14.2. The lowest BCUT2D eigenvalue weighted by atomic mass is 10.2. The van der Waals surface area contributed by atoms with Crippen LogP contribution in [0.15, 0.2) is 48.5 Å². The zero-order valence-corrected chi connectivity index (χ0v) is 12.2. The number of nitrogens with zero attached hydrogens (tertiary/aromatic N) is 1. The first-order valence-electron chi connectivity index (χ1n) is 7.40. The van der Waals surface area contributed by atoms with Gasteiger partial charge in [0.1, 0.15) is 5.82 Å². The Labute approximate surface area is 128 Å². The number of hydrogen-bond acceptors (Lipinski definition) is 2. The van der Waals surface area contributed by atoms with Gasteiger partial charge in [-0.3, -0.25) is 0 Å². The van der Waals surface area contributed by atoms with Crippen molar-refractivity contribution in [3.05, 3.63) is 54.3 Å². The van der Waals surface area contributed by atoms with E-state index < -0.39 is 11.8 Å². The first-order chi connectivity index (χ1) is 10.7. The molecule has 0 spiro atoms. The van der Waals surface area contributed by atoms with E-state index in [1.54, 1.807) is 24.3 Å². The zero-order valence-electron chi connectivity index (χ0n) is 12.2. The van der Waals surface area contributed by atoms with Gasteiger partial charge in [0.25, 0.3) is 0 Å². The number of carbonyl (C=O) groups excluding carboxylic acids is 1. The van der Waals surface area contributed by atoms with Crippen LogP contribution in [0.2, 0.25) is 0 Å². The number of amides is 2. The Morgan fingerprint density at radius 2 is 1.73 bits per heavy atom. The minimum absolute atomic E-state index is 0.192. The van der Waals surface area contributed by atoms with Gasteiger partial charge >= 0.3 is 6.03 Å². The highest BCUT2D eigenvalue weighted by atomic mass is 19.1. The van der Waals surface area contributed by atoms with Crippen molar-refractivity contribution in [3.63, 3.8) is 0 Å². The Bertz CT molecular complexity index is 654. The quantitative estimate of drug-likeness (QED) is 0.897. The molecule has 0 atom stereocenters. The van der Waals surface area contributed by atoms with Gasteiger partial charge in [0.15, 0.2) is 0 Å². The molecular formula is C17H18FN3O. The lowest BCUT2D eigenvalue weighted by Gasteiger charge is -2.19.